The van der Waals surface area contributed by atoms with E-state index in [1.165, 1.54) is 0 Å². The fraction of sp³-hybridized carbons (Fsp3) is 0.889. The van der Waals surface area contributed by atoms with Gasteiger partial charge in [-0.2, -0.15) is 0 Å². The molecular weight excluding hydrogens is 204 g/mol. The van der Waals surface area contributed by atoms with Crippen molar-refractivity contribution in [1.29, 1.82) is 0 Å². The lowest BCUT2D eigenvalue weighted by Crippen LogP contribution is -2.51. The molecule has 5 heteroatoms. The zero-order valence-electron chi connectivity index (χ0n) is 8.12. The molecule has 0 aromatic carbocycles. The summed E-state index contributed by atoms with van der Waals surface area (Å²) in [5.74, 6) is 0.403. The van der Waals surface area contributed by atoms with E-state index < -0.39 is 0 Å². The van der Waals surface area contributed by atoms with Crippen molar-refractivity contribution in [2.45, 2.75) is 18.9 Å². The first-order valence-electron chi connectivity index (χ1n) is 4.96. The van der Waals surface area contributed by atoms with Crippen LogP contribution in [0.2, 0.25) is 0 Å². The Morgan fingerprint density at radius 3 is 2.64 bits per heavy atom. The third-order valence-electron chi connectivity index (χ3n) is 2.71. The molecule has 1 atom stereocenters. The highest BCUT2D eigenvalue weighted by Gasteiger charge is 2.25. The van der Waals surface area contributed by atoms with Crippen molar-refractivity contribution in [3.8, 4) is 0 Å². The van der Waals surface area contributed by atoms with Gasteiger partial charge in [-0.1, -0.05) is 0 Å². The molecular formula is C9H17ClN2O2. The van der Waals surface area contributed by atoms with Crippen molar-refractivity contribution in [3.05, 3.63) is 0 Å². The van der Waals surface area contributed by atoms with Crippen LogP contribution in [0, 0.1) is 5.92 Å². The van der Waals surface area contributed by atoms with Gasteiger partial charge in [-0.15, -0.1) is 12.4 Å². The van der Waals surface area contributed by atoms with Gasteiger partial charge in [0.2, 0.25) is 5.91 Å². The van der Waals surface area contributed by atoms with Crippen LogP contribution in [0.15, 0.2) is 0 Å². The van der Waals surface area contributed by atoms with Crippen molar-refractivity contribution >= 4 is 18.3 Å². The van der Waals surface area contributed by atoms with E-state index in [9.17, 15) is 4.79 Å². The van der Waals surface area contributed by atoms with E-state index in [4.69, 9.17) is 4.74 Å². The highest BCUT2D eigenvalue weighted by molar-refractivity contribution is 5.85. The Kier molecular flexibility index (Phi) is 4.65. The number of carbonyl (C=O) groups excluding carboxylic acids is 1. The molecule has 4 nitrogen and oxygen atoms in total. The maximum atomic E-state index is 11.3. The second-order valence-electron chi connectivity index (χ2n) is 3.72. The largest absolute Gasteiger partial charge is 0.378 e. The number of amides is 1. The molecule has 0 bridgehead atoms. The van der Waals surface area contributed by atoms with Crippen LogP contribution in [0.25, 0.3) is 0 Å². The smallest absolute Gasteiger partial charge is 0.225 e. The van der Waals surface area contributed by atoms with Gasteiger partial charge < -0.3 is 15.4 Å². The van der Waals surface area contributed by atoms with Crippen LogP contribution in [0.3, 0.4) is 0 Å². The van der Waals surface area contributed by atoms with Gasteiger partial charge >= 0.3 is 0 Å². The second kappa shape index (κ2) is 5.53. The molecule has 2 heterocycles. The summed E-state index contributed by atoms with van der Waals surface area (Å²) in [7, 11) is 0. The Labute approximate surface area is 90.2 Å². The van der Waals surface area contributed by atoms with Crippen molar-refractivity contribution in [2.75, 3.05) is 26.2 Å². The Hall–Kier alpha value is -0.320. The zero-order chi connectivity index (χ0) is 9.10. The van der Waals surface area contributed by atoms with Gasteiger partial charge in [0, 0.05) is 26.2 Å². The van der Waals surface area contributed by atoms with Crippen molar-refractivity contribution in [2.24, 2.45) is 5.92 Å². The van der Waals surface area contributed by atoms with Crippen LogP contribution >= 0.6 is 12.4 Å². The summed E-state index contributed by atoms with van der Waals surface area (Å²) in [4.78, 5) is 11.3. The monoisotopic (exact) mass is 220 g/mol. The maximum Gasteiger partial charge on any atom is 0.225 e. The molecule has 0 spiro atoms. The second-order valence-corrected chi connectivity index (χ2v) is 3.72. The van der Waals surface area contributed by atoms with Gasteiger partial charge in [0.05, 0.1) is 12.0 Å². The van der Waals surface area contributed by atoms with Crippen LogP contribution in [0.1, 0.15) is 12.8 Å². The molecule has 0 aliphatic carbocycles. The first-order chi connectivity index (χ1) is 6.36. The van der Waals surface area contributed by atoms with Gasteiger partial charge in [0.15, 0.2) is 0 Å². The van der Waals surface area contributed by atoms with E-state index in [2.05, 4.69) is 10.6 Å². The van der Waals surface area contributed by atoms with E-state index in [1.807, 2.05) is 0 Å². The highest BCUT2D eigenvalue weighted by atomic mass is 35.5. The van der Waals surface area contributed by atoms with Crippen molar-refractivity contribution < 1.29 is 9.53 Å². The molecule has 14 heavy (non-hydrogen) atoms. The van der Waals surface area contributed by atoms with E-state index in [-0.39, 0.29) is 24.2 Å². The normalized spacial score (nSPS) is 25.6. The first-order valence-corrected chi connectivity index (χ1v) is 4.96. The minimum absolute atomic E-state index is 0. The summed E-state index contributed by atoms with van der Waals surface area (Å²) >= 11 is 0. The summed E-state index contributed by atoms with van der Waals surface area (Å²) < 4.78 is 5.25. The standard InChI is InChI=1S/C9H16N2O2.ClH/c12-9(7-5-10-6-7)11-3-1-8-2-4-13-8;/h7-8,10H,1-6H2,(H,11,12);1H. The SMILES string of the molecule is Cl.O=C(NCCC1CCO1)C1CNC1. The molecule has 2 fully saturated rings. The predicted molar refractivity (Wildman–Crippen MR) is 55.6 cm³/mol. The van der Waals surface area contributed by atoms with E-state index in [0.29, 0.717) is 6.10 Å². The predicted octanol–water partition coefficient (Wildman–Crippen LogP) is -0.0772. The number of halogens is 1. The number of carbonyl (C=O) groups is 1. The first kappa shape index (κ1) is 11.8. The third-order valence-corrected chi connectivity index (χ3v) is 2.71. The fourth-order valence-corrected chi connectivity index (χ4v) is 1.49. The Bertz CT molecular complexity index is 193. The molecule has 2 aliphatic heterocycles. The Morgan fingerprint density at radius 1 is 1.50 bits per heavy atom. The third kappa shape index (κ3) is 2.83. The number of rotatable bonds is 4. The number of ether oxygens (including phenoxy) is 1. The number of hydrogen-bond donors (Lipinski definition) is 2. The molecule has 2 aliphatic rings. The van der Waals surface area contributed by atoms with Gasteiger partial charge in [0.1, 0.15) is 0 Å². The van der Waals surface area contributed by atoms with Crippen LogP contribution < -0.4 is 10.6 Å². The average molecular weight is 221 g/mol. The molecule has 2 saturated heterocycles. The molecule has 2 N–H and O–H groups in total. The lowest BCUT2D eigenvalue weighted by molar-refractivity contribution is -0.126. The van der Waals surface area contributed by atoms with Gasteiger partial charge in [-0.25, -0.2) is 0 Å². The topological polar surface area (TPSA) is 50.4 Å². The summed E-state index contributed by atoms with van der Waals surface area (Å²) in [5, 5.41) is 6.00. The number of hydrogen-bond acceptors (Lipinski definition) is 3. The Balaban J connectivity index is 0.000000980. The van der Waals surface area contributed by atoms with Crippen molar-refractivity contribution in [3.63, 3.8) is 0 Å². The number of nitrogens with one attached hydrogen (secondary N) is 2. The molecule has 1 unspecified atom stereocenters. The maximum absolute atomic E-state index is 11.3. The summed E-state index contributed by atoms with van der Waals surface area (Å²) in [6.07, 6.45) is 2.52. The lowest BCUT2D eigenvalue weighted by Gasteiger charge is -2.28. The van der Waals surface area contributed by atoms with Crippen LogP contribution in [0.4, 0.5) is 0 Å². The van der Waals surface area contributed by atoms with Gasteiger partial charge in [-0.3, -0.25) is 4.79 Å². The van der Waals surface area contributed by atoms with Crippen LogP contribution in [-0.4, -0.2) is 38.3 Å². The van der Waals surface area contributed by atoms with Gasteiger partial charge in [-0.05, 0) is 12.8 Å². The lowest BCUT2D eigenvalue weighted by atomic mass is 10.0. The summed E-state index contributed by atoms with van der Waals surface area (Å²) in [6, 6.07) is 0. The fourth-order valence-electron chi connectivity index (χ4n) is 1.49. The molecule has 0 aromatic heterocycles. The Morgan fingerprint density at radius 2 is 2.21 bits per heavy atom. The van der Waals surface area contributed by atoms with Crippen LogP contribution in [0.5, 0.6) is 0 Å². The van der Waals surface area contributed by atoms with Gasteiger partial charge in [0.25, 0.3) is 0 Å². The molecule has 0 saturated carbocycles. The summed E-state index contributed by atoms with van der Waals surface area (Å²) in [6.45, 7) is 3.34. The molecule has 0 radical (unpaired) electrons. The summed E-state index contributed by atoms with van der Waals surface area (Å²) in [5.41, 5.74) is 0. The molecule has 1 amide bonds. The quantitative estimate of drug-likeness (QED) is 0.697. The minimum Gasteiger partial charge on any atom is -0.378 e. The van der Waals surface area contributed by atoms with Crippen LogP contribution in [-0.2, 0) is 9.53 Å². The molecule has 82 valence electrons. The van der Waals surface area contributed by atoms with E-state index in [1.54, 1.807) is 0 Å². The van der Waals surface area contributed by atoms with E-state index in [0.717, 1.165) is 39.1 Å². The highest BCUT2D eigenvalue weighted by Crippen LogP contribution is 2.13. The minimum atomic E-state index is 0. The van der Waals surface area contributed by atoms with E-state index >= 15 is 0 Å². The molecule has 2 rings (SSSR count). The van der Waals surface area contributed by atoms with Crippen molar-refractivity contribution in [1.82, 2.24) is 10.6 Å². The average Bonchev–Trinajstić information content (AvgIpc) is 1.90. The molecule has 0 aromatic rings. The zero-order valence-corrected chi connectivity index (χ0v) is 8.94.